The normalized spacial score (nSPS) is 12.1. The SMILES string of the molecule is COCCNC(=O)NC[C@@H](c1ccco1)n1cccn1. The van der Waals surface area contributed by atoms with Crippen LogP contribution in [0.2, 0.25) is 0 Å². The number of aromatic nitrogens is 2. The van der Waals surface area contributed by atoms with Crippen LogP contribution in [0, 0.1) is 0 Å². The molecule has 0 aromatic carbocycles. The minimum absolute atomic E-state index is 0.173. The number of urea groups is 1. The van der Waals surface area contributed by atoms with Gasteiger partial charge in [0.25, 0.3) is 0 Å². The monoisotopic (exact) mass is 278 g/mol. The molecule has 2 aromatic rings. The van der Waals surface area contributed by atoms with E-state index in [0.29, 0.717) is 19.7 Å². The third-order valence-corrected chi connectivity index (χ3v) is 2.76. The maximum absolute atomic E-state index is 11.6. The Kier molecular flexibility index (Phi) is 5.19. The molecule has 0 bridgehead atoms. The third kappa shape index (κ3) is 3.86. The Balaban J connectivity index is 1.91. The van der Waals surface area contributed by atoms with E-state index >= 15 is 0 Å². The molecule has 0 aliphatic rings. The van der Waals surface area contributed by atoms with Crippen molar-refractivity contribution in [1.82, 2.24) is 20.4 Å². The summed E-state index contributed by atoms with van der Waals surface area (Å²) in [5, 5.41) is 9.68. The number of hydrogen-bond donors (Lipinski definition) is 2. The molecule has 108 valence electrons. The van der Waals surface area contributed by atoms with Crippen molar-refractivity contribution in [3.05, 3.63) is 42.6 Å². The van der Waals surface area contributed by atoms with Gasteiger partial charge in [-0.05, 0) is 18.2 Å². The van der Waals surface area contributed by atoms with Crippen LogP contribution in [0.5, 0.6) is 0 Å². The molecule has 0 radical (unpaired) electrons. The molecule has 0 saturated heterocycles. The van der Waals surface area contributed by atoms with Crippen molar-refractivity contribution in [2.75, 3.05) is 26.8 Å². The van der Waals surface area contributed by atoms with E-state index in [-0.39, 0.29) is 12.1 Å². The van der Waals surface area contributed by atoms with Gasteiger partial charge in [-0.1, -0.05) is 0 Å². The maximum atomic E-state index is 11.6. The van der Waals surface area contributed by atoms with Crippen LogP contribution < -0.4 is 10.6 Å². The van der Waals surface area contributed by atoms with Crippen molar-refractivity contribution >= 4 is 6.03 Å². The molecule has 7 heteroatoms. The number of carbonyl (C=O) groups is 1. The van der Waals surface area contributed by atoms with E-state index in [0.717, 1.165) is 5.76 Å². The number of hydrogen-bond acceptors (Lipinski definition) is 4. The van der Waals surface area contributed by atoms with Crippen molar-refractivity contribution < 1.29 is 13.9 Å². The highest BCUT2D eigenvalue weighted by molar-refractivity contribution is 5.73. The van der Waals surface area contributed by atoms with Gasteiger partial charge >= 0.3 is 6.03 Å². The molecule has 2 rings (SSSR count). The second-order valence-electron chi connectivity index (χ2n) is 4.15. The molecule has 0 aliphatic carbocycles. The Hall–Kier alpha value is -2.28. The second-order valence-corrected chi connectivity index (χ2v) is 4.15. The van der Waals surface area contributed by atoms with Crippen molar-refractivity contribution in [2.24, 2.45) is 0 Å². The largest absolute Gasteiger partial charge is 0.467 e. The highest BCUT2D eigenvalue weighted by atomic mass is 16.5. The van der Waals surface area contributed by atoms with Crippen molar-refractivity contribution in [1.29, 1.82) is 0 Å². The van der Waals surface area contributed by atoms with E-state index in [4.69, 9.17) is 9.15 Å². The summed E-state index contributed by atoms with van der Waals surface area (Å²) in [5.41, 5.74) is 0. The van der Waals surface area contributed by atoms with E-state index < -0.39 is 0 Å². The first kappa shape index (κ1) is 14.1. The predicted octanol–water partition coefficient (Wildman–Crippen LogP) is 1.01. The fourth-order valence-corrected chi connectivity index (χ4v) is 1.79. The summed E-state index contributed by atoms with van der Waals surface area (Å²) < 4.78 is 12.0. The Labute approximate surface area is 116 Å². The van der Waals surface area contributed by atoms with Gasteiger partial charge in [-0.3, -0.25) is 4.68 Å². The number of nitrogens with zero attached hydrogens (tertiary/aromatic N) is 2. The maximum Gasteiger partial charge on any atom is 0.314 e. The molecule has 0 spiro atoms. The molecule has 1 atom stereocenters. The molecular weight excluding hydrogens is 260 g/mol. The van der Waals surface area contributed by atoms with E-state index in [9.17, 15) is 4.79 Å². The van der Waals surface area contributed by atoms with E-state index in [1.165, 1.54) is 0 Å². The quantitative estimate of drug-likeness (QED) is 0.741. The lowest BCUT2D eigenvalue weighted by Crippen LogP contribution is -2.40. The van der Waals surface area contributed by atoms with Crippen LogP contribution >= 0.6 is 0 Å². The number of rotatable bonds is 7. The van der Waals surface area contributed by atoms with E-state index in [2.05, 4.69) is 15.7 Å². The van der Waals surface area contributed by atoms with Crippen LogP contribution in [0.4, 0.5) is 4.79 Å². The van der Waals surface area contributed by atoms with Gasteiger partial charge in [0.15, 0.2) is 0 Å². The van der Waals surface area contributed by atoms with Crippen LogP contribution in [0.1, 0.15) is 11.8 Å². The summed E-state index contributed by atoms with van der Waals surface area (Å²) in [6, 6.07) is 5.08. The molecule has 2 amide bonds. The first-order valence-corrected chi connectivity index (χ1v) is 6.34. The summed E-state index contributed by atoms with van der Waals surface area (Å²) in [6.07, 6.45) is 5.12. The molecule has 0 saturated carbocycles. The molecule has 2 N–H and O–H groups in total. The number of methoxy groups -OCH3 is 1. The zero-order chi connectivity index (χ0) is 14.2. The minimum atomic E-state index is -0.245. The Morgan fingerprint density at radius 2 is 2.40 bits per heavy atom. The summed E-state index contributed by atoms with van der Waals surface area (Å²) in [4.78, 5) is 11.6. The Morgan fingerprint density at radius 1 is 1.50 bits per heavy atom. The predicted molar refractivity (Wildman–Crippen MR) is 72.4 cm³/mol. The number of ether oxygens (including phenoxy) is 1. The summed E-state index contributed by atoms with van der Waals surface area (Å²) in [5.74, 6) is 0.742. The van der Waals surface area contributed by atoms with Gasteiger partial charge in [0.05, 0.1) is 12.9 Å². The average molecular weight is 278 g/mol. The highest BCUT2D eigenvalue weighted by Crippen LogP contribution is 2.16. The van der Waals surface area contributed by atoms with Gasteiger partial charge in [-0.2, -0.15) is 5.10 Å². The molecule has 20 heavy (non-hydrogen) atoms. The Bertz CT molecular complexity index is 461. The zero-order valence-electron chi connectivity index (χ0n) is 11.3. The van der Waals surface area contributed by atoms with Gasteiger partial charge in [0.1, 0.15) is 11.8 Å². The second kappa shape index (κ2) is 7.34. The smallest absolute Gasteiger partial charge is 0.314 e. The van der Waals surface area contributed by atoms with Gasteiger partial charge in [0, 0.05) is 32.6 Å². The van der Waals surface area contributed by atoms with Gasteiger partial charge in [0.2, 0.25) is 0 Å². The lowest BCUT2D eigenvalue weighted by atomic mass is 10.2. The lowest BCUT2D eigenvalue weighted by molar-refractivity contribution is 0.195. The molecular formula is C13H18N4O3. The molecule has 0 unspecified atom stereocenters. The Morgan fingerprint density at radius 3 is 3.05 bits per heavy atom. The van der Waals surface area contributed by atoms with Crippen LogP contribution in [-0.4, -0.2) is 42.6 Å². The van der Waals surface area contributed by atoms with Gasteiger partial charge in [-0.25, -0.2) is 4.79 Å². The fraction of sp³-hybridized carbons (Fsp3) is 0.385. The molecule has 7 nitrogen and oxygen atoms in total. The van der Waals surface area contributed by atoms with E-state index in [1.807, 2.05) is 24.4 Å². The van der Waals surface area contributed by atoms with Crippen LogP contribution in [-0.2, 0) is 4.74 Å². The van der Waals surface area contributed by atoms with E-state index in [1.54, 1.807) is 24.3 Å². The van der Waals surface area contributed by atoms with Crippen molar-refractivity contribution in [3.8, 4) is 0 Å². The van der Waals surface area contributed by atoms with Crippen LogP contribution in [0.15, 0.2) is 41.3 Å². The van der Waals surface area contributed by atoms with Crippen LogP contribution in [0.25, 0.3) is 0 Å². The van der Waals surface area contributed by atoms with Crippen LogP contribution in [0.3, 0.4) is 0 Å². The number of furan rings is 1. The first-order valence-electron chi connectivity index (χ1n) is 6.34. The molecule has 2 aromatic heterocycles. The van der Waals surface area contributed by atoms with Gasteiger partial charge in [-0.15, -0.1) is 0 Å². The third-order valence-electron chi connectivity index (χ3n) is 2.76. The topological polar surface area (TPSA) is 81.3 Å². The summed E-state index contributed by atoms with van der Waals surface area (Å²) >= 11 is 0. The summed E-state index contributed by atoms with van der Waals surface area (Å²) in [6.45, 7) is 1.33. The minimum Gasteiger partial charge on any atom is -0.467 e. The van der Waals surface area contributed by atoms with Gasteiger partial charge < -0.3 is 19.8 Å². The number of amides is 2. The highest BCUT2D eigenvalue weighted by Gasteiger charge is 2.17. The summed E-state index contributed by atoms with van der Waals surface area (Å²) in [7, 11) is 1.59. The lowest BCUT2D eigenvalue weighted by Gasteiger charge is -2.16. The standard InChI is InChI=1S/C13H18N4O3/c1-19-9-6-14-13(18)15-10-11(12-4-2-8-20-12)17-7-3-5-16-17/h2-5,7-8,11H,6,9-10H2,1H3,(H2,14,15,18)/t11-/m0/s1. The number of nitrogens with one attached hydrogen (secondary N) is 2. The zero-order valence-corrected chi connectivity index (χ0v) is 11.3. The first-order chi connectivity index (χ1) is 9.81. The molecule has 0 aliphatic heterocycles. The average Bonchev–Trinajstić information content (AvgIpc) is 3.12. The van der Waals surface area contributed by atoms with Crippen molar-refractivity contribution in [2.45, 2.75) is 6.04 Å². The molecule has 0 fully saturated rings. The number of carbonyl (C=O) groups excluding carboxylic acids is 1. The fourth-order valence-electron chi connectivity index (χ4n) is 1.79. The molecule has 2 heterocycles. The van der Waals surface area contributed by atoms with Crippen molar-refractivity contribution in [3.63, 3.8) is 0 Å².